The number of nitrogens with one attached hydrogen (secondary N) is 1. The van der Waals surface area contributed by atoms with Gasteiger partial charge in [-0.3, -0.25) is 9.59 Å². The molecule has 1 saturated heterocycles. The van der Waals surface area contributed by atoms with Gasteiger partial charge < -0.3 is 10.2 Å². The predicted molar refractivity (Wildman–Crippen MR) is 137 cm³/mol. The largest absolute Gasteiger partial charge is 0.348 e. The van der Waals surface area contributed by atoms with Crippen molar-refractivity contribution in [2.75, 3.05) is 13.1 Å². The number of nitrogens with zero attached hydrogens (tertiary/aromatic N) is 1. The van der Waals surface area contributed by atoms with Crippen LogP contribution >= 0.6 is 0 Å². The molecule has 1 aliphatic heterocycles. The van der Waals surface area contributed by atoms with E-state index in [1.807, 2.05) is 20.8 Å². The molecule has 0 aromatic heterocycles. The first-order valence-corrected chi connectivity index (χ1v) is 13.8. The fourth-order valence-corrected chi connectivity index (χ4v) is 8.09. The van der Waals surface area contributed by atoms with E-state index in [4.69, 9.17) is 0 Å². The molecule has 4 aliphatic carbocycles. The molecule has 2 amide bonds. The quantitative estimate of drug-likeness (QED) is 0.549. The minimum absolute atomic E-state index is 0.0274. The number of rotatable bonds is 2. The first-order valence-electron chi connectivity index (χ1n) is 13.8. The first-order chi connectivity index (χ1) is 16.0. The molecule has 0 bridgehead atoms. The maximum absolute atomic E-state index is 13.5. The average Bonchev–Trinajstić information content (AvgIpc) is 3.14. The molecule has 0 aromatic rings. The van der Waals surface area contributed by atoms with E-state index in [9.17, 15) is 9.59 Å². The Labute approximate surface area is 206 Å². The molecule has 0 radical (unpaired) electrons. The maximum atomic E-state index is 13.5. The van der Waals surface area contributed by atoms with Gasteiger partial charge in [0.1, 0.15) is 0 Å². The molecule has 1 N–H and O–H groups in total. The summed E-state index contributed by atoms with van der Waals surface area (Å²) in [6.45, 7) is 12.8. The Bertz CT molecular complexity index is 961. The van der Waals surface area contributed by atoms with E-state index in [-0.39, 0.29) is 22.3 Å². The van der Waals surface area contributed by atoms with Crippen molar-refractivity contribution < 1.29 is 9.59 Å². The molecule has 2 fully saturated rings. The van der Waals surface area contributed by atoms with Crippen LogP contribution in [0.2, 0.25) is 0 Å². The molecule has 4 heteroatoms. The molecule has 34 heavy (non-hydrogen) atoms. The van der Waals surface area contributed by atoms with Gasteiger partial charge in [-0.2, -0.15) is 0 Å². The van der Waals surface area contributed by atoms with Crippen LogP contribution in [0.5, 0.6) is 0 Å². The van der Waals surface area contributed by atoms with Crippen LogP contribution in [-0.2, 0) is 9.59 Å². The number of carbonyl (C=O) groups excluding carboxylic acids is 2. The van der Waals surface area contributed by atoms with E-state index < -0.39 is 0 Å². The van der Waals surface area contributed by atoms with Gasteiger partial charge in [0.05, 0.1) is 0 Å². The topological polar surface area (TPSA) is 49.4 Å². The predicted octanol–water partition coefficient (Wildman–Crippen LogP) is 5.95. The van der Waals surface area contributed by atoms with Crippen LogP contribution in [0.15, 0.2) is 34.9 Å². The summed E-state index contributed by atoms with van der Waals surface area (Å²) >= 11 is 0. The highest BCUT2D eigenvalue weighted by Crippen LogP contribution is 2.64. The number of carbonyl (C=O) groups is 2. The Hall–Kier alpha value is -1.84. The SMILES string of the molecule is CC(C)(C)NC(=O)C1=CC2=CC[C@@H]3[C@H](CC[C@]4(C)C(C(=O)N5CCCCC5)=CC[C@@H]34)[C@@]2(C)CC1. The fraction of sp³-hybridized carbons (Fsp3) is 0.733. The van der Waals surface area contributed by atoms with E-state index in [2.05, 4.69) is 42.3 Å². The highest BCUT2D eigenvalue weighted by molar-refractivity contribution is 5.96. The molecule has 0 spiro atoms. The third-order valence-electron chi connectivity index (χ3n) is 10.0. The second kappa shape index (κ2) is 8.38. The van der Waals surface area contributed by atoms with Gasteiger partial charge in [-0.1, -0.05) is 32.1 Å². The van der Waals surface area contributed by atoms with Gasteiger partial charge in [-0.25, -0.2) is 0 Å². The molecule has 5 aliphatic rings. The number of likely N-dealkylation sites (tertiary alicyclic amines) is 1. The Balaban J connectivity index is 1.36. The van der Waals surface area contributed by atoms with Crippen LogP contribution in [-0.4, -0.2) is 35.3 Å². The lowest BCUT2D eigenvalue weighted by Crippen LogP contribution is -2.50. The standard InChI is InChI=1S/C30H44N2O2/c1-28(2,3)31-26(33)20-13-15-29(4)21(19-20)9-10-22-23-11-12-25(30(23,5)16-14-24(22)29)27(34)32-17-7-6-8-18-32/h9,12,19,22-24H,6-8,10-11,13-18H2,1-5H3,(H,31,33)/t22-,23-,24-,29-,30-/m0/s1. The maximum Gasteiger partial charge on any atom is 0.250 e. The summed E-state index contributed by atoms with van der Waals surface area (Å²) in [5.41, 5.74) is 3.42. The molecule has 4 nitrogen and oxygen atoms in total. The normalized spacial score (nSPS) is 37.5. The lowest BCUT2D eigenvalue weighted by atomic mass is 9.48. The molecule has 5 atom stereocenters. The van der Waals surface area contributed by atoms with Gasteiger partial charge in [0.15, 0.2) is 0 Å². The van der Waals surface area contributed by atoms with Crippen LogP contribution in [0, 0.1) is 28.6 Å². The van der Waals surface area contributed by atoms with Crippen molar-refractivity contribution in [3.8, 4) is 0 Å². The van der Waals surface area contributed by atoms with Crippen LogP contribution in [0.3, 0.4) is 0 Å². The van der Waals surface area contributed by atoms with Crippen molar-refractivity contribution in [2.24, 2.45) is 28.6 Å². The summed E-state index contributed by atoms with van der Waals surface area (Å²) in [5, 5.41) is 3.15. The molecular formula is C30H44N2O2. The molecule has 0 unspecified atom stereocenters. The van der Waals surface area contributed by atoms with Crippen LogP contribution in [0.4, 0.5) is 0 Å². The first kappa shape index (κ1) is 23.9. The summed E-state index contributed by atoms with van der Waals surface area (Å²) in [6, 6.07) is 0. The molecular weight excluding hydrogens is 420 g/mol. The van der Waals surface area contributed by atoms with Crippen molar-refractivity contribution in [1.29, 1.82) is 0 Å². The smallest absolute Gasteiger partial charge is 0.250 e. The van der Waals surface area contributed by atoms with E-state index in [0.29, 0.717) is 23.7 Å². The Kier molecular flexibility index (Phi) is 5.89. The second-order valence-electron chi connectivity index (χ2n) is 13.2. The van der Waals surface area contributed by atoms with Crippen molar-refractivity contribution in [3.05, 3.63) is 34.9 Å². The van der Waals surface area contributed by atoms with Crippen molar-refractivity contribution in [2.45, 2.75) is 97.9 Å². The molecule has 1 heterocycles. The Morgan fingerprint density at radius 3 is 2.41 bits per heavy atom. The summed E-state index contributed by atoms with van der Waals surface area (Å²) in [5.74, 6) is 2.27. The Morgan fingerprint density at radius 2 is 1.71 bits per heavy atom. The van der Waals surface area contributed by atoms with Gasteiger partial charge in [-0.05, 0) is 107 Å². The van der Waals surface area contributed by atoms with Gasteiger partial charge >= 0.3 is 0 Å². The minimum atomic E-state index is -0.211. The summed E-state index contributed by atoms with van der Waals surface area (Å²) in [7, 11) is 0. The van der Waals surface area contributed by atoms with Crippen molar-refractivity contribution in [3.63, 3.8) is 0 Å². The highest BCUT2D eigenvalue weighted by atomic mass is 16.2. The van der Waals surface area contributed by atoms with Crippen molar-refractivity contribution in [1.82, 2.24) is 10.2 Å². The zero-order chi connectivity index (χ0) is 24.3. The fourth-order valence-electron chi connectivity index (χ4n) is 8.09. The molecule has 186 valence electrons. The highest BCUT2D eigenvalue weighted by Gasteiger charge is 2.57. The van der Waals surface area contributed by atoms with E-state index in [1.165, 1.54) is 18.4 Å². The van der Waals surface area contributed by atoms with Crippen LogP contribution in [0.1, 0.15) is 92.4 Å². The van der Waals surface area contributed by atoms with Crippen molar-refractivity contribution >= 4 is 11.8 Å². The summed E-state index contributed by atoms with van der Waals surface area (Å²) < 4.78 is 0. The summed E-state index contributed by atoms with van der Waals surface area (Å²) in [4.78, 5) is 28.5. The lowest BCUT2D eigenvalue weighted by molar-refractivity contribution is -0.130. The van der Waals surface area contributed by atoms with Gasteiger partial charge in [0.25, 0.3) is 0 Å². The van der Waals surface area contributed by atoms with Crippen LogP contribution in [0.25, 0.3) is 0 Å². The van der Waals surface area contributed by atoms with Gasteiger partial charge in [0.2, 0.25) is 11.8 Å². The second-order valence-corrected chi connectivity index (χ2v) is 13.2. The molecule has 1 saturated carbocycles. The average molecular weight is 465 g/mol. The number of hydrogen-bond acceptors (Lipinski definition) is 2. The van der Waals surface area contributed by atoms with Crippen LogP contribution < -0.4 is 5.32 Å². The molecule has 5 rings (SSSR count). The number of fused-ring (bicyclic) bond motifs is 5. The van der Waals surface area contributed by atoms with Gasteiger partial charge in [-0.15, -0.1) is 0 Å². The molecule has 0 aromatic carbocycles. The summed E-state index contributed by atoms with van der Waals surface area (Å²) in [6.07, 6.45) is 16.9. The van der Waals surface area contributed by atoms with E-state index >= 15 is 0 Å². The number of amides is 2. The lowest BCUT2D eigenvalue weighted by Gasteiger charge is -2.56. The van der Waals surface area contributed by atoms with Gasteiger partial charge in [0, 0.05) is 35.2 Å². The number of allylic oxidation sites excluding steroid dienone is 4. The minimum Gasteiger partial charge on any atom is -0.348 e. The zero-order valence-electron chi connectivity index (χ0n) is 22.0. The van der Waals surface area contributed by atoms with E-state index in [1.54, 1.807) is 0 Å². The number of hydrogen-bond donors (Lipinski definition) is 1. The third kappa shape index (κ3) is 3.89. The third-order valence-corrected chi connectivity index (χ3v) is 10.0. The van der Waals surface area contributed by atoms with E-state index in [0.717, 1.165) is 69.2 Å². The zero-order valence-corrected chi connectivity index (χ0v) is 22.0. The number of piperidine rings is 1. The Morgan fingerprint density at radius 1 is 0.971 bits per heavy atom. The monoisotopic (exact) mass is 464 g/mol.